The molecule has 138 valence electrons. The maximum Gasteiger partial charge on any atom is 0.262 e. The first kappa shape index (κ1) is 17.6. The number of carbonyl (C=O) groups is 1. The molecule has 27 heavy (non-hydrogen) atoms. The van der Waals surface area contributed by atoms with Gasteiger partial charge in [0, 0.05) is 4.88 Å². The van der Waals surface area contributed by atoms with E-state index in [2.05, 4.69) is 15.5 Å². The fraction of sp³-hybridized carbons (Fsp3) is 0.300. The van der Waals surface area contributed by atoms with Crippen LogP contribution >= 0.6 is 11.3 Å². The van der Waals surface area contributed by atoms with Crippen LogP contribution in [-0.4, -0.2) is 21.7 Å². The Morgan fingerprint density at radius 3 is 2.89 bits per heavy atom. The predicted molar refractivity (Wildman–Crippen MR) is 107 cm³/mol. The van der Waals surface area contributed by atoms with Crippen LogP contribution in [0.3, 0.4) is 0 Å². The molecule has 1 aliphatic carbocycles. The summed E-state index contributed by atoms with van der Waals surface area (Å²) in [5, 5.41) is 4.65. The number of hydrogen-bond acceptors (Lipinski definition) is 5. The lowest BCUT2D eigenvalue weighted by molar-refractivity contribution is -0.121. The van der Waals surface area contributed by atoms with Crippen molar-refractivity contribution in [2.45, 2.75) is 39.2 Å². The minimum Gasteiger partial charge on any atom is -0.289 e. The third-order valence-electron chi connectivity index (χ3n) is 4.74. The monoisotopic (exact) mass is 380 g/mol. The van der Waals surface area contributed by atoms with E-state index >= 15 is 0 Å². The van der Waals surface area contributed by atoms with Crippen LogP contribution in [0.1, 0.15) is 34.4 Å². The van der Waals surface area contributed by atoms with Crippen molar-refractivity contribution in [2.75, 3.05) is 0 Å². The second-order valence-corrected chi connectivity index (χ2v) is 7.86. The van der Waals surface area contributed by atoms with Crippen LogP contribution in [0.4, 0.5) is 0 Å². The molecule has 0 unspecified atom stereocenters. The lowest BCUT2D eigenvalue weighted by Crippen LogP contribution is -2.30. The Labute approximate surface area is 160 Å². The van der Waals surface area contributed by atoms with Crippen molar-refractivity contribution in [1.82, 2.24) is 15.0 Å². The second-order valence-electron chi connectivity index (χ2n) is 6.77. The van der Waals surface area contributed by atoms with Crippen molar-refractivity contribution in [3.05, 3.63) is 62.5 Å². The fourth-order valence-corrected chi connectivity index (χ4v) is 4.53. The zero-order valence-electron chi connectivity index (χ0n) is 15.1. The van der Waals surface area contributed by atoms with Crippen molar-refractivity contribution >= 4 is 33.7 Å². The summed E-state index contributed by atoms with van der Waals surface area (Å²) in [4.78, 5) is 31.4. The smallest absolute Gasteiger partial charge is 0.262 e. The van der Waals surface area contributed by atoms with Gasteiger partial charge in [-0.05, 0) is 43.7 Å². The maximum atomic E-state index is 12.8. The normalized spacial score (nSPS) is 13.8. The van der Waals surface area contributed by atoms with Gasteiger partial charge in [-0.1, -0.05) is 29.8 Å². The molecule has 1 N–H and O–H groups in total. The molecule has 0 saturated carbocycles. The molecule has 2 heterocycles. The zero-order valence-corrected chi connectivity index (χ0v) is 15.9. The van der Waals surface area contributed by atoms with Gasteiger partial charge in [0.15, 0.2) is 0 Å². The van der Waals surface area contributed by atoms with Crippen molar-refractivity contribution in [3.8, 4) is 0 Å². The first-order valence-electron chi connectivity index (χ1n) is 9.00. The molecular weight excluding hydrogens is 360 g/mol. The minimum atomic E-state index is -0.356. The van der Waals surface area contributed by atoms with E-state index in [1.54, 1.807) is 17.6 Å². The number of aromatic nitrogens is 2. The molecule has 1 amide bonds. The third-order valence-corrected chi connectivity index (χ3v) is 5.94. The quantitative estimate of drug-likeness (QED) is 0.559. The largest absolute Gasteiger partial charge is 0.289 e. The SMILES string of the molecule is Cc1ccc(/C=N\NC(=O)Cn2cnc3sc4c(c3c2=O)CCCC4)cc1. The number of fused-ring (bicyclic) bond motifs is 3. The summed E-state index contributed by atoms with van der Waals surface area (Å²) >= 11 is 1.61. The van der Waals surface area contributed by atoms with Crippen molar-refractivity contribution in [2.24, 2.45) is 5.10 Å². The highest BCUT2D eigenvalue weighted by molar-refractivity contribution is 7.18. The van der Waals surface area contributed by atoms with Gasteiger partial charge < -0.3 is 0 Å². The molecule has 0 aliphatic heterocycles. The average molecular weight is 380 g/mol. The zero-order chi connectivity index (χ0) is 18.8. The van der Waals surface area contributed by atoms with Crippen molar-refractivity contribution < 1.29 is 4.79 Å². The molecule has 0 saturated heterocycles. The van der Waals surface area contributed by atoms with Gasteiger partial charge >= 0.3 is 0 Å². The molecule has 3 aromatic rings. The number of benzene rings is 1. The minimum absolute atomic E-state index is 0.0996. The fourth-order valence-electron chi connectivity index (χ4n) is 3.32. The van der Waals surface area contributed by atoms with Crippen molar-refractivity contribution in [1.29, 1.82) is 0 Å². The Balaban J connectivity index is 1.49. The number of thiophene rings is 1. The highest BCUT2D eigenvalue weighted by atomic mass is 32.1. The molecule has 0 radical (unpaired) electrons. The van der Waals surface area contributed by atoms with E-state index in [1.807, 2.05) is 31.2 Å². The lowest BCUT2D eigenvalue weighted by atomic mass is 9.97. The second kappa shape index (κ2) is 7.44. The van der Waals surface area contributed by atoms with Gasteiger partial charge in [-0.15, -0.1) is 11.3 Å². The number of amides is 1. The molecule has 0 bridgehead atoms. The van der Waals surface area contributed by atoms with Gasteiger partial charge in [0.05, 0.1) is 17.9 Å². The van der Waals surface area contributed by atoms with Crippen molar-refractivity contribution in [3.63, 3.8) is 0 Å². The Morgan fingerprint density at radius 2 is 2.07 bits per heavy atom. The molecule has 1 aliphatic rings. The van der Waals surface area contributed by atoms with E-state index < -0.39 is 0 Å². The van der Waals surface area contributed by atoms with Crippen LogP contribution in [0, 0.1) is 6.92 Å². The number of rotatable bonds is 4. The number of carbonyl (C=O) groups excluding carboxylic acids is 1. The molecule has 1 aromatic carbocycles. The van der Waals surface area contributed by atoms with E-state index in [0.717, 1.165) is 47.2 Å². The Bertz CT molecular complexity index is 1080. The molecule has 0 fully saturated rings. The molecule has 0 spiro atoms. The lowest BCUT2D eigenvalue weighted by Gasteiger charge is -2.10. The van der Waals surface area contributed by atoms with Gasteiger partial charge in [-0.25, -0.2) is 10.4 Å². The summed E-state index contributed by atoms with van der Waals surface area (Å²) in [6.45, 7) is 1.91. The summed E-state index contributed by atoms with van der Waals surface area (Å²) < 4.78 is 1.36. The summed E-state index contributed by atoms with van der Waals surface area (Å²) in [7, 11) is 0. The van der Waals surface area contributed by atoms with E-state index in [4.69, 9.17) is 0 Å². The average Bonchev–Trinajstić information content (AvgIpc) is 3.05. The van der Waals surface area contributed by atoms with E-state index in [9.17, 15) is 9.59 Å². The molecule has 7 heteroatoms. The van der Waals surface area contributed by atoms with Gasteiger partial charge in [0.2, 0.25) is 0 Å². The van der Waals surface area contributed by atoms with Gasteiger partial charge in [-0.2, -0.15) is 5.10 Å². The predicted octanol–water partition coefficient (Wildman–Crippen LogP) is 2.80. The highest BCUT2D eigenvalue weighted by Crippen LogP contribution is 2.33. The molecule has 4 rings (SSSR count). The first-order chi connectivity index (χ1) is 13.1. The topological polar surface area (TPSA) is 76.3 Å². The summed E-state index contributed by atoms with van der Waals surface area (Å²) in [5.74, 6) is -0.356. The van der Waals surface area contributed by atoms with Crippen LogP contribution in [-0.2, 0) is 24.2 Å². The molecular formula is C20H20N4O2S. The Kier molecular flexibility index (Phi) is 4.85. The first-order valence-corrected chi connectivity index (χ1v) is 9.82. The van der Waals surface area contributed by atoms with Crippen LogP contribution in [0.25, 0.3) is 10.2 Å². The Morgan fingerprint density at radius 1 is 1.30 bits per heavy atom. The third kappa shape index (κ3) is 3.68. The van der Waals surface area contributed by atoms with Crippen LogP contribution < -0.4 is 11.0 Å². The number of nitrogens with zero attached hydrogens (tertiary/aromatic N) is 3. The summed E-state index contributed by atoms with van der Waals surface area (Å²) in [6.07, 6.45) is 7.23. The van der Waals surface area contributed by atoms with Gasteiger partial charge in [0.1, 0.15) is 11.4 Å². The van der Waals surface area contributed by atoms with E-state index in [1.165, 1.54) is 15.8 Å². The summed E-state index contributed by atoms with van der Waals surface area (Å²) in [6, 6.07) is 7.80. The molecule has 6 nitrogen and oxygen atoms in total. The van der Waals surface area contributed by atoms with Crippen LogP contribution in [0.2, 0.25) is 0 Å². The van der Waals surface area contributed by atoms with Gasteiger partial charge in [0.25, 0.3) is 11.5 Å². The number of aryl methyl sites for hydroxylation is 3. The molecule has 2 aromatic heterocycles. The van der Waals surface area contributed by atoms with E-state index in [0.29, 0.717) is 5.39 Å². The molecule has 0 atom stereocenters. The standard InChI is InChI=1S/C20H20N4O2S/c1-13-6-8-14(9-7-13)10-22-23-17(25)11-24-12-21-19-18(20(24)26)15-4-2-3-5-16(15)27-19/h6-10,12H,2-5,11H2,1H3,(H,23,25)/b22-10-. The van der Waals surface area contributed by atoms with Gasteiger partial charge in [-0.3, -0.25) is 14.2 Å². The van der Waals surface area contributed by atoms with E-state index in [-0.39, 0.29) is 18.0 Å². The number of nitrogens with one attached hydrogen (secondary N) is 1. The highest BCUT2D eigenvalue weighted by Gasteiger charge is 2.20. The van der Waals surface area contributed by atoms with Crippen LogP contribution in [0.15, 0.2) is 40.5 Å². The Hall–Kier alpha value is -2.80. The summed E-state index contributed by atoms with van der Waals surface area (Å²) in [5.41, 5.74) is 5.52. The number of hydrazone groups is 1. The van der Waals surface area contributed by atoms with Crippen LogP contribution in [0.5, 0.6) is 0 Å². The number of hydrogen-bond donors (Lipinski definition) is 1. The maximum absolute atomic E-state index is 12.8.